The molecule has 0 radical (unpaired) electrons. The third-order valence-corrected chi connectivity index (χ3v) is 3.93. The number of amides is 1. The monoisotopic (exact) mass is 264 g/mol. The largest absolute Gasteiger partial charge is 0.360 e. The van der Waals surface area contributed by atoms with Crippen molar-refractivity contribution < 1.29 is 9.32 Å². The molecule has 104 valence electrons. The lowest BCUT2D eigenvalue weighted by molar-refractivity contribution is -0.135. The van der Waals surface area contributed by atoms with Crippen LogP contribution in [0.15, 0.2) is 10.6 Å². The van der Waals surface area contributed by atoms with Gasteiger partial charge in [-0.05, 0) is 19.8 Å². The standard InChI is InChI=1S/C13H20N4O2/c1-10-8-11(19-15-10)9-16-4-6-17(7-5-16)12(18)13(14)2-3-13/h8H,2-7,9,14H2,1H3. The third-order valence-electron chi connectivity index (χ3n) is 3.93. The fourth-order valence-electron chi connectivity index (χ4n) is 2.48. The number of piperazine rings is 1. The van der Waals surface area contributed by atoms with E-state index in [0.29, 0.717) is 0 Å². The Hall–Kier alpha value is -1.40. The summed E-state index contributed by atoms with van der Waals surface area (Å²) >= 11 is 0. The molecule has 0 unspecified atom stereocenters. The van der Waals surface area contributed by atoms with Crippen LogP contribution in [-0.2, 0) is 11.3 Å². The van der Waals surface area contributed by atoms with E-state index in [9.17, 15) is 4.79 Å². The van der Waals surface area contributed by atoms with Crippen LogP contribution in [0.25, 0.3) is 0 Å². The molecular formula is C13H20N4O2. The first-order valence-electron chi connectivity index (χ1n) is 6.80. The van der Waals surface area contributed by atoms with Gasteiger partial charge in [0.05, 0.1) is 17.8 Å². The quantitative estimate of drug-likeness (QED) is 0.839. The Bertz CT molecular complexity index is 473. The zero-order chi connectivity index (χ0) is 13.5. The molecule has 1 aliphatic carbocycles. The molecular weight excluding hydrogens is 244 g/mol. The van der Waals surface area contributed by atoms with Crippen molar-refractivity contribution in [1.82, 2.24) is 15.0 Å². The summed E-state index contributed by atoms with van der Waals surface area (Å²) in [4.78, 5) is 16.3. The first-order valence-corrected chi connectivity index (χ1v) is 6.80. The number of carbonyl (C=O) groups is 1. The maximum atomic E-state index is 12.1. The molecule has 0 spiro atoms. The Morgan fingerprint density at radius 3 is 2.63 bits per heavy atom. The van der Waals surface area contributed by atoms with Gasteiger partial charge in [0.25, 0.3) is 0 Å². The lowest BCUT2D eigenvalue weighted by atomic mass is 10.2. The van der Waals surface area contributed by atoms with Gasteiger partial charge < -0.3 is 15.2 Å². The minimum atomic E-state index is -0.537. The molecule has 1 aliphatic heterocycles. The van der Waals surface area contributed by atoms with Crippen molar-refractivity contribution in [2.24, 2.45) is 5.73 Å². The van der Waals surface area contributed by atoms with Crippen LogP contribution >= 0.6 is 0 Å². The van der Waals surface area contributed by atoms with E-state index in [1.165, 1.54) is 0 Å². The molecule has 1 saturated carbocycles. The number of nitrogens with two attached hydrogens (primary N) is 1. The van der Waals surface area contributed by atoms with Gasteiger partial charge in [0, 0.05) is 32.2 Å². The summed E-state index contributed by atoms with van der Waals surface area (Å²) in [6, 6.07) is 1.95. The van der Waals surface area contributed by atoms with Gasteiger partial charge >= 0.3 is 0 Å². The Morgan fingerprint density at radius 1 is 1.42 bits per heavy atom. The minimum Gasteiger partial charge on any atom is -0.360 e. The van der Waals surface area contributed by atoms with Crippen LogP contribution in [-0.4, -0.2) is 52.6 Å². The van der Waals surface area contributed by atoms with Crippen LogP contribution in [0, 0.1) is 6.92 Å². The molecule has 1 amide bonds. The lowest BCUT2D eigenvalue weighted by Crippen LogP contribution is -2.53. The Morgan fingerprint density at radius 2 is 2.11 bits per heavy atom. The molecule has 1 saturated heterocycles. The molecule has 2 aliphatic rings. The van der Waals surface area contributed by atoms with Gasteiger partial charge in [-0.2, -0.15) is 0 Å². The number of hydrogen-bond acceptors (Lipinski definition) is 5. The molecule has 2 fully saturated rings. The summed E-state index contributed by atoms with van der Waals surface area (Å²) < 4.78 is 5.21. The average molecular weight is 264 g/mol. The highest BCUT2D eigenvalue weighted by Gasteiger charge is 2.48. The van der Waals surface area contributed by atoms with Crippen molar-refractivity contribution >= 4 is 5.91 Å². The number of rotatable bonds is 3. The highest BCUT2D eigenvalue weighted by atomic mass is 16.5. The van der Waals surface area contributed by atoms with Crippen molar-refractivity contribution in [2.45, 2.75) is 31.8 Å². The number of nitrogens with zero attached hydrogens (tertiary/aromatic N) is 3. The van der Waals surface area contributed by atoms with E-state index in [1.807, 2.05) is 17.9 Å². The average Bonchev–Trinajstić information content (AvgIpc) is 3.03. The van der Waals surface area contributed by atoms with Crippen molar-refractivity contribution in [3.8, 4) is 0 Å². The third kappa shape index (κ3) is 2.64. The summed E-state index contributed by atoms with van der Waals surface area (Å²) in [5.74, 6) is 1.01. The molecule has 6 nitrogen and oxygen atoms in total. The maximum absolute atomic E-state index is 12.1. The number of aromatic nitrogens is 1. The van der Waals surface area contributed by atoms with Crippen LogP contribution in [0.2, 0.25) is 0 Å². The lowest BCUT2D eigenvalue weighted by Gasteiger charge is -2.35. The molecule has 0 atom stereocenters. The van der Waals surface area contributed by atoms with E-state index in [-0.39, 0.29) is 5.91 Å². The molecule has 19 heavy (non-hydrogen) atoms. The molecule has 1 aromatic rings. The van der Waals surface area contributed by atoms with E-state index in [1.54, 1.807) is 0 Å². The molecule has 1 aromatic heterocycles. The van der Waals surface area contributed by atoms with E-state index in [2.05, 4.69) is 10.1 Å². The second-order valence-electron chi connectivity index (χ2n) is 5.66. The second-order valence-corrected chi connectivity index (χ2v) is 5.66. The molecule has 0 aromatic carbocycles. The van der Waals surface area contributed by atoms with Gasteiger partial charge in [0.1, 0.15) is 0 Å². The van der Waals surface area contributed by atoms with Crippen LogP contribution < -0.4 is 5.73 Å². The summed E-state index contributed by atoms with van der Waals surface area (Å²) in [5, 5.41) is 3.88. The Balaban J connectivity index is 1.50. The highest BCUT2D eigenvalue weighted by molar-refractivity contribution is 5.89. The van der Waals surface area contributed by atoms with Gasteiger partial charge in [-0.1, -0.05) is 5.16 Å². The van der Waals surface area contributed by atoms with Gasteiger partial charge in [-0.3, -0.25) is 9.69 Å². The van der Waals surface area contributed by atoms with Crippen LogP contribution in [0.3, 0.4) is 0 Å². The summed E-state index contributed by atoms with van der Waals surface area (Å²) in [6.07, 6.45) is 1.67. The minimum absolute atomic E-state index is 0.127. The normalized spacial score (nSPS) is 22.5. The van der Waals surface area contributed by atoms with Crippen molar-refractivity contribution in [3.63, 3.8) is 0 Å². The van der Waals surface area contributed by atoms with E-state index >= 15 is 0 Å². The van der Waals surface area contributed by atoms with Crippen molar-refractivity contribution in [2.75, 3.05) is 26.2 Å². The number of aryl methyl sites for hydroxylation is 1. The summed E-state index contributed by atoms with van der Waals surface area (Å²) in [6.45, 7) is 5.91. The van der Waals surface area contributed by atoms with Gasteiger partial charge in [-0.15, -0.1) is 0 Å². The topological polar surface area (TPSA) is 75.6 Å². The summed E-state index contributed by atoms with van der Waals surface area (Å²) in [5.41, 5.74) is 6.32. The van der Waals surface area contributed by atoms with Crippen LogP contribution in [0.1, 0.15) is 24.3 Å². The zero-order valence-electron chi connectivity index (χ0n) is 11.3. The fourth-order valence-corrected chi connectivity index (χ4v) is 2.48. The highest BCUT2D eigenvalue weighted by Crippen LogP contribution is 2.34. The van der Waals surface area contributed by atoms with E-state index in [0.717, 1.165) is 57.0 Å². The fraction of sp³-hybridized carbons (Fsp3) is 0.692. The van der Waals surface area contributed by atoms with Gasteiger partial charge in [0.2, 0.25) is 5.91 Å². The number of hydrogen-bond donors (Lipinski definition) is 1. The predicted molar refractivity (Wildman–Crippen MR) is 69.2 cm³/mol. The number of carbonyl (C=O) groups excluding carboxylic acids is 1. The maximum Gasteiger partial charge on any atom is 0.242 e. The molecule has 3 rings (SSSR count). The van der Waals surface area contributed by atoms with Gasteiger partial charge in [0.15, 0.2) is 5.76 Å². The molecule has 6 heteroatoms. The molecule has 2 heterocycles. The molecule has 2 N–H and O–H groups in total. The van der Waals surface area contributed by atoms with E-state index < -0.39 is 5.54 Å². The molecule has 0 bridgehead atoms. The zero-order valence-corrected chi connectivity index (χ0v) is 11.3. The van der Waals surface area contributed by atoms with Gasteiger partial charge in [-0.25, -0.2) is 0 Å². The van der Waals surface area contributed by atoms with Crippen LogP contribution in [0.5, 0.6) is 0 Å². The van der Waals surface area contributed by atoms with Crippen molar-refractivity contribution in [1.29, 1.82) is 0 Å². The summed E-state index contributed by atoms with van der Waals surface area (Å²) in [7, 11) is 0. The smallest absolute Gasteiger partial charge is 0.242 e. The van der Waals surface area contributed by atoms with E-state index in [4.69, 9.17) is 10.3 Å². The first-order chi connectivity index (χ1) is 9.07. The second kappa shape index (κ2) is 4.61. The van der Waals surface area contributed by atoms with Crippen LogP contribution in [0.4, 0.5) is 0 Å². The Kier molecular flexibility index (Phi) is 3.06. The van der Waals surface area contributed by atoms with Crippen molar-refractivity contribution in [3.05, 3.63) is 17.5 Å². The first kappa shape index (κ1) is 12.6. The Labute approximate surface area is 112 Å². The SMILES string of the molecule is Cc1cc(CN2CCN(C(=O)C3(N)CC3)CC2)on1. The predicted octanol–water partition coefficient (Wildman–Crippen LogP) is 0.119.